The van der Waals surface area contributed by atoms with Crippen LogP contribution >= 0.6 is 11.3 Å². The standard InChI is InChI=1S/C7H6N4OS/c8-11-10-3-1-2-7-9-4-6(5-12)13-7/h4,12H,3,5H2. The highest BCUT2D eigenvalue weighted by Gasteiger charge is 1.95. The molecule has 0 unspecified atom stereocenters. The van der Waals surface area contributed by atoms with Gasteiger partial charge in [-0.3, -0.25) is 0 Å². The quantitative estimate of drug-likeness (QED) is 0.333. The van der Waals surface area contributed by atoms with Crippen LogP contribution in [0.4, 0.5) is 0 Å². The maximum Gasteiger partial charge on any atom is 0.167 e. The van der Waals surface area contributed by atoms with E-state index in [1.54, 1.807) is 6.20 Å². The van der Waals surface area contributed by atoms with E-state index < -0.39 is 0 Å². The van der Waals surface area contributed by atoms with Gasteiger partial charge in [0.05, 0.1) is 18.0 Å². The Morgan fingerprint density at radius 1 is 1.77 bits per heavy atom. The maximum absolute atomic E-state index is 8.72. The number of aliphatic hydroxyl groups is 1. The van der Waals surface area contributed by atoms with Crippen molar-refractivity contribution in [1.82, 2.24) is 4.98 Å². The highest BCUT2D eigenvalue weighted by molar-refractivity contribution is 7.12. The number of thiazole rings is 1. The molecular formula is C7H6N4OS. The number of nitrogens with zero attached hydrogens (tertiary/aromatic N) is 4. The molecule has 0 aromatic carbocycles. The third-order valence-corrected chi connectivity index (χ3v) is 2.02. The molecule has 5 nitrogen and oxygen atoms in total. The lowest BCUT2D eigenvalue weighted by atomic mass is 10.6. The Hall–Kier alpha value is -1.54. The summed E-state index contributed by atoms with van der Waals surface area (Å²) < 4.78 is 0. The molecule has 1 heterocycles. The van der Waals surface area contributed by atoms with E-state index in [2.05, 4.69) is 26.9 Å². The second-order valence-electron chi connectivity index (χ2n) is 1.98. The van der Waals surface area contributed by atoms with Crippen molar-refractivity contribution in [2.24, 2.45) is 5.11 Å². The van der Waals surface area contributed by atoms with E-state index in [0.717, 1.165) is 4.88 Å². The van der Waals surface area contributed by atoms with E-state index in [4.69, 9.17) is 10.6 Å². The van der Waals surface area contributed by atoms with Crippen LogP contribution in [0.1, 0.15) is 9.88 Å². The van der Waals surface area contributed by atoms with Gasteiger partial charge in [0, 0.05) is 11.1 Å². The van der Waals surface area contributed by atoms with Gasteiger partial charge in [0.25, 0.3) is 0 Å². The van der Waals surface area contributed by atoms with Gasteiger partial charge in [-0.25, -0.2) is 4.98 Å². The van der Waals surface area contributed by atoms with Crippen molar-refractivity contribution in [3.63, 3.8) is 0 Å². The Balaban J connectivity index is 2.60. The van der Waals surface area contributed by atoms with E-state index in [9.17, 15) is 0 Å². The van der Waals surface area contributed by atoms with Gasteiger partial charge in [-0.2, -0.15) is 0 Å². The molecule has 6 heteroatoms. The van der Waals surface area contributed by atoms with Gasteiger partial charge in [0.2, 0.25) is 0 Å². The first-order valence-corrected chi connectivity index (χ1v) is 4.23. The summed E-state index contributed by atoms with van der Waals surface area (Å²) in [7, 11) is 0. The van der Waals surface area contributed by atoms with E-state index in [0.29, 0.717) is 5.01 Å². The number of hydrogen-bond donors (Lipinski definition) is 1. The summed E-state index contributed by atoms with van der Waals surface area (Å²) in [5.74, 6) is 5.35. The van der Waals surface area contributed by atoms with Crippen LogP contribution in [0.2, 0.25) is 0 Å². The molecule has 13 heavy (non-hydrogen) atoms. The van der Waals surface area contributed by atoms with Gasteiger partial charge in [0.1, 0.15) is 0 Å². The molecule has 66 valence electrons. The summed E-state index contributed by atoms with van der Waals surface area (Å²) in [6.07, 6.45) is 1.57. The maximum atomic E-state index is 8.72. The minimum absolute atomic E-state index is 0.0182. The van der Waals surface area contributed by atoms with Gasteiger partial charge in [-0.05, 0) is 11.5 Å². The van der Waals surface area contributed by atoms with Crippen molar-refractivity contribution in [3.8, 4) is 11.8 Å². The molecule has 0 saturated carbocycles. The fraction of sp³-hybridized carbons (Fsp3) is 0.286. The van der Waals surface area contributed by atoms with Gasteiger partial charge < -0.3 is 5.11 Å². The highest BCUT2D eigenvalue weighted by Crippen LogP contribution is 2.10. The minimum Gasteiger partial charge on any atom is -0.391 e. The van der Waals surface area contributed by atoms with Crippen molar-refractivity contribution in [2.75, 3.05) is 6.54 Å². The summed E-state index contributed by atoms with van der Waals surface area (Å²) in [4.78, 5) is 7.26. The topological polar surface area (TPSA) is 81.9 Å². The molecule has 0 bridgehead atoms. The first-order chi connectivity index (χ1) is 6.36. The Labute approximate surface area is 78.7 Å². The fourth-order valence-electron chi connectivity index (χ4n) is 0.621. The normalized spacial score (nSPS) is 8.38. The average Bonchev–Trinajstić information content (AvgIpc) is 2.60. The zero-order chi connectivity index (χ0) is 9.52. The first-order valence-electron chi connectivity index (χ1n) is 3.42. The van der Waals surface area contributed by atoms with E-state index in [1.807, 2.05) is 0 Å². The van der Waals surface area contributed by atoms with Gasteiger partial charge >= 0.3 is 0 Å². The van der Waals surface area contributed by atoms with Crippen LogP contribution in [-0.2, 0) is 6.61 Å². The minimum atomic E-state index is -0.0182. The number of hydrogen-bond acceptors (Lipinski definition) is 4. The second kappa shape index (κ2) is 5.17. The Morgan fingerprint density at radius 3 is 3.23 bits per heavy atom. The van der Waals surface area contributed by atoms with Gasteiger partial charge in [-0.15, -0.1) is 11.3 Å². The Morgan fingerprint density at radius 2 is 2.62 bits per heavy atom. The van der Waals surface area contributed by atoms with Gasteiger partial charge in [0.15, 0.2) is 5.01 Å². The summed E-state index contributed by atoms with van der Waals surface area (Å²) in [5, 5.41) is 12.6. The fourth-order valence-corrected chi connectivity index (χ4v) is 1.27. The molecule has 0 amide bonds. The lowest BCUT2D eigenvalue weighted by molar-refractivity contribution is 0.285. The molecule has 1 rings (SSSR count). The summed E-state index contributed by atoms with van der Waals surface area (Å²) in [6.45, 7) is 0.125. The first kappa shape index (κ1) is 9.55. The molecule has 0 atom stereocenters. The van der Waals surface area contributed by atoms with Crippen molar-refractivity contribution in [3.05, 3.63) is 26.5 Å². The van der Waals surface area contributed by atoms with Crippen LogP contribution in [-0.4, -0.2) is 16.6 Å². The molecule has 0 spiro atoms. The van der Waals surface area contributed by atoms with Crippen LogP contribution < -0.4 is 0 Å². The van der Waals surface area contributed by atoms with Crippen LogP contribution in [0, 0.1) is 11.8 Å². The predicted molar refractivity (Wildman–Crippen MR) is 48.9 cm³/mol. The van der Waals surface area contributed by atoms with E-state index >= 15 is 0 Å². The molecule has 0 saturated heterocycles. The molecule has 0 radical (unpaired) electrons. The van der Waals surface area contributed by atoms with Crippen molar-refractivity contribution in [2.45, 2.75) is 6.61 Å². The average molecular weight is 194 g/mol. The third kappa shape index (κ3) is 3.13. The molecule has 1 aromatic rings. The summed E-state index contributed by atoms with van der Waals surface area (Å²) in [5.41, 5.74) is 7.95. The van der Waals surface area contributed by atoms with Crippen LogP contribution in [0.5, 0.6) is 0 Å². The van der Waals surface area contributed by atoms with Crippen LogP contribution in [0.15, 0.2) is 11.3 Å². The number of azide groups is 1. The molecule has 0 fully saturated rings. The highest BCUT2D eigenvalue weighted by atomic mass is 32.1. The molecule has 0 aliphatic heterocycles. The molecule has 1 aromatic heterocycles. The number of aliphatic hydroxyl groups excluding tert-OH is 1. The van der Waals surface area contributed by atoms with E-state index in [-0.39, 0.29) is 13.2 Å². The summed E-state index contributed by atoms with van der Waals surface area (Å²) in [6, 6.07) is 0. The van der Waals surface area contributed by atoms with Crippen molar-refractivity contribution in [1.29, 1.82) is 0 Å². The molecule has 1 N–H and O–H groups in total. The Kier molecular flexibility index (Phi) is 3.79. The zero-order valence-electron chi connectivity index (χ0n) is 6.64. The van der Waals surface area contributed by atoms with Crippen LogP contribution in [0.3, 0.4) is 0 Å². The van der Waals surface area contributed by atoms with Crippen molar-refractivity contribution >= 4 is 11.3 Å². The SMILES string of the molecule is [N-]=[N+]=NCC#Cc1ncc(CO)s1. The third-order valence-electron chi connectivity index (χ3n) is 1.12. The van der Waals surface area contributed by atoms with Gasteiger partial charge in [-0.1, -0.05) is 11.0 Å². The Bertz CT molecular complexity index is 383. The lowest BCUT2D eigenvalue weighted by Crippen LogP contribution is -1.70. The second-order valence-corrected chi connectivity index (χ2v) is 3.10. The summed E-state index contributed by atoms with van der Waals surface area (Å²) >= 11 is 1.32. The predicted octanol–water partition coefficient (Wildman–Crippen LogP) is 1.30. The van der Waals surface area contributed by atoms with Crippen LogP contribution in [0.25, 0.3) is 10.4 Å². The molecule has 0 aliphatic rings. The number of rotatable bonds is 2. The van der Waals surface area contributed by atoms with Crippen molar-refractivity contribution < 1.29 is 5.11 Å². The zero-order valence-corrected chi connectivity index (χ0v) is 7.45. The largest absolute Gasteiger partial charge is 0.391 e. The monoisotopic (exact) mass is 194 g/mol. The lowest BCUT2D eigenvalue weighted by Gasteiger charge is -1.78. The van der Waals surface area contributed by atoms with E-state index in [1.165, 1.54) is 11.3 Å². The smallest absolute Gasteiger partial charge is 0.167 e. The number of aromatic nitrogens is 1. The molecule has 0 aliphatic carbocycles. The molecular weight excluding hydrogens is 188 g/mol.